The highest BCUT2D eigenvalue weighted by atomic mass is 19.1. The smallest absolute Gasteiger partial charge is 0.407 e. The third-order valence-corrected chi connectivity index (χ3v) is 3.33. The van der Waals surface area contributed by atoms with Crippen molar-refractivity contribution in [3.05, 3.63) is 35.4 Å². The number of carbonyl (C=O) groups is 1. The van der Waals surface area contributed by atoms with E-state index >= 15 is 0 Å². The zero-order valence-corrected chi connectivity index (χ0v) is 13.3. The molecule has 1 aromatic rings. The fourth-order valence-corrected chi connectivity index (χ4v) is 2.45. The lowest BCUT2D eigenvalue weighted by molar-refractivity contribution is -0.0779. The Bertz CT molecular complexity index is 574. The summed E-state index contributed by atoms with van der Waals surface area (Å²) in [7, 11) is 0. The molecule has 7 heteroatoms. The lowest BCUT2D eigenvalue weighted by atomic mass is 9.94. The molecule has 2 rings (SSSR count). The number of alkyl carbamates (subject to hydrolysis) is 1. The molecular weight excluding hydrogens is 308 g/mol. The quantitative estimate of drug-likeness (QED) is 0.875. The van der Waals surface area contributed by atoms with Gasteiger partial charge in [-0.15, -0.1) is 0 Å². The molecule has 2 N–H and O–H groups in total. The first-order valence-corrected chi connectivity index (χ1v) is 7.40. The van der Waals surface area contributed by atoms with Crippen LogP contribution in [-0.4, -0.2) is 35.6 Å². The fourth-order valence-electron chi connectivity index (χ4n) is 2.45. The van der Waals surface area contributed by atoms with Gasteiger partial charge in [-0.1, -0.05) is 0 Å². The van der Waals surface area contributed by atoms with Crippen molar-refractivity contribution in [1.29, 1.82) is 0 Å². The number of benzene rings is 1. The van der Waals surface area contributed by atoms with Gasteiger partial charge in [-0.05, 0) is 45.4 Å². The molecule has 128 valence electrons. The molecule has 0 saturated carbocycles. The van der Waals surface area contributed by atoms with Crippen LogP contribution in [0.3, 0.4) is 0 Å². The van der Waals surface area contributed by atoms with E-state index in [0.717, 1.165) is 18.2 Å². The Morgan fingerprint density at radius 1 is 1.39 bits per heavy atom. The third kappa shape index (κ3) is 4.87. The number of halogens is 2. The minimum Gasteiger partial charge on any atom is -0.444 e. The van der Waals surface area contributed by atoms with Crippen LogP contribution in [0.15, 0.2) is 18.2 Å². The molecule has 1 aliphatic rings. The number of hydrogen-bond acceptors (Lipinski definition) is 4. The van der Waals surface area contributed by atoms with E-state index in [9.17, 15) is 18.7 Å². The second-order valence-electron chi connectivity index (χ2n) is 6.56. The topological polar surface area (TPSA) is 67.8 Å². The van der Waals surface area contributed by atoms with Crippen molar-refractivity contribution in [1.82, 2.24) is 5.32 Å². The number of amides is 1. The van der Waals surface area contributed by atoms with E-state index in [-0.39, 0.29) is 18.6 Å². The van der Waals surface area contributed by atoms with Gasteiger partial charge in [0.2, 0.25) is 0 Å². The number of rotatable bonds is 2. The number of aliphatic hydroxyl groups is 1. The summed E-state index contributed by atoms with van der Waals surface area (Å²) < 4.78 is 38.0. The van der Waals surface area contributed by atoms with E-state index in [2.05, 4.69) is 5.32 Å². The normalized spacial score (nSPS) is 25.0. The Hall–Kier alpha value is -1.73. The molecule has 5 nitrogen and oxygen atoms in total. The molecule has 0 bridgehead atoms. The number of carbonyl (C=O) groups excluding carboxylic acids is 1. The van der Waals surface area contributed by atoms with Gasteiger partial charge in [0.25, 0.3) is 0 Å². The van der Waals surface area contributed by atoms with E-state index in [4.69, 9.17) is 9.47 Å². The van der Waals surface area contributed by atoms with Gasteiger partial charge in [0.15, 0.2) is 0 Å². The van der Waals surface area contributed by atoms with Gasteiger partial charge in [0.1, 0.15) is 23.3 Å². The lowest BCUT2D eigenvalue weighted by Gasteiger charge is -2.35. The SMILES string of the molecule is CC(C)(C)OC(=O)N[C@@H]1CC(O)CO[C@H]1c1cc(F)ccc1F. The van der Waals surface area contributed by atoms with Crippen molar-refractivity contribution >= 4 is 6.09 Å². The van der Waals surface area contributed by atoms with Crippen molar-refractivity contribution < 1.29 is 28.2 Å². The van der Waals surface area contributed by atoms with Gasteiger partial charge in [-0.25, -0.2) is 13.6 Å². The number of hydrogen-bond donors (Lipinski definition) is 2. The average Bonchev–Trinajstić information content (AvgIpc) is 2.40. The van der Waals surface area contributed by atoms with Crippen LogP contribution in [0.2, 0.25) is 0 Å². The molecule has 1 aromatic carbocycles. The van der Waals surface area contributed by atoms with Crippen molar-refractivity contribution in [3.8, 4) is 0 Å². The maximum atomic E-state index is 14.0. The summed E-state index contributed by atoms with van der Waals surface area (Å²) in [6, 6.07) is 2.31. The van der Waals surface area contributed by atoms with Crippen molar-refractivity contribution in [3.63, 3.8) is 0 Å². The first-order valence-electron chi connectivity index (χ1n) is 7.40. The van der Waals surface area contributed by atoms with Gasteiger partial charge >= 0.3 is 6.09 Å². The Labute approximate surface area is 133 Å². The first kappa shape index (κ1) is 17.6. The molecule has 1 unspecified atom stereocenters. The Balaban J connectivity index is 2.19. The molecule has 23 heavy (non-hydrogen) atoms. The standard InChI is InChI=1S/C16H21F2NO4/c1-16(2,3)23-15(21)19-13-7-10(20)8-22-14(13)11-6-9(17)4-5-12(11)18/h4-6,10,13-14,20H,7-8H2,1-3H3,(H,19,21)/t10?,13-,14+/m1/s1. The zero-order chi connectivity index (χ0) is 17.2. The molecule has 1 heterocycles. The van der Waals surface area contributed by atoms with Gasteiger partial charge in [0, 0.05) is 5.56 Å². The van der Waals surface area contributed by atoms with Crippen LogP contribution in [-0.2, 0) is 9.47 Å². The summed E-state index contributed by atoms with van der Waals surface area (Å²) >= 11 is 0. The van der Waals surface area contributed by atoms with E-state index in [1.807, 2.05) is 0 Å². The van der Waals surface area contributed by atoms with Crippen LogP contribution >= 0.6 is 0 Å². The van der Waals surface area contributed by atoms with Gasteiger partial charge in [-0.3, -0.25) is 0 Å². The second-order valence-corrected chi connectivity index (χ2v) is 6.56. The maximum Gasteiger partial charge on any atom is 0.407 e. The van der Waals surface area contributed by atoms with E-state index < -0.39 is 41.6 Å². The summed E-state index contributed by atoms with van der Waals surface area (Å²) in [5.74, 6) is -1.24. The van der Waals surface area contributed by atoms with Gasteiger partial charge < -0.3 is 19.9 Å². The number of aliphatic hydroxyl groups excluding tert-OH is 1. The molecule has 1 saturated heterocycles. The monoisotopic (exact) mass is 329 g/mol. The first-order chi connectivity index (χ1) is 10.7. The summed E-state index contributed by atoms with van der Waals surface area (Å²) in [5.41, 5.74) is -0.698. The van der Waals surface area contributed by atoms with Crippen LogP contribution in [0.5, 0.6) is 0 Å². The molecule has 0 aliphatic carbocycles. The lowest BCUT2D eigenvalue weighted by Crippen LogP contribution is -2.48. The molecule has 1 amide bonds. The molecule has 3 atom stereocenters. The van der Waals surface area contributed by atoms with Crippen LogP contribution in [0.4, 0.5) is 13.6 Å². The average molecular weight is 329 g/mol. The predicted molar refractivity (Wildman–Crippen MR) is 78.8 cm³/mol. The van der Waals surface area contributed by atoms with E-state index in [0.29, 0.717) is 0 Å². The van der Waals surface area contributed by atoms with E-state index in [1.165, 1.54) is 0 Å². The van der Waals surface area contributed by atoms with Crippen LogP contribution in [0.25, 0.3) is 0 Å². The Morgan fingerprint density at radius 3 is 2.74 bits per heavy atom. The second kappa shape index (κ2) is 6.80. The van der Waals surface area contributed by atoms with Crippen molar-refractivity contribution in [2.45, 2.75) is 51.0 Å². The highest BCUT2D eigenvalue weighted by Gasteiger charge is 2.35. The largest absolute Gasteiger partial charge is 0.444 e. The summed E-state index contributed by atoms with van der Waals surface area (Å²) in [6.07, 6.45) is -2.26. The van der Waals surface area contributed by atoms with E-state index in [1.54, 1.807) is 20.8 Å². The summed E-state index contributed by atoms with van der Waals surface area (Å²) in [5, 5.41) is 12.3. The van der Waals surface area contributed by atoms with Crippen molar-refractivity contribution in [2.24, 2.45) is 0 Å². The highest BCUT2D eigenvalue weighted by Crippen LogP contribution is 2.31. The molecule has 0 aromatic heterocycles. The maximum absolute atomic E-state index is 14.0. The fraction of sp³-hybridized carbons (Fsp3) is 0.562. The number of nitrogens with one attached hydrogen (secondary N) is 1. The molecule has 1 fully saturated rings. The Morgan fingerprint density at radius 2 is 2.09 bits per heavy atom. The van der Waals surface area contributed by atoms with Crippen molar-refractivity contribution in [2.75, 3.05) is 6.61 Å². The molecule has 1 aliphatic heterocycles. The molecular formula is C16H21F2NO4. The molecule has 0 spiro atoms. The minimum atomic E-state index is -0.901. The minimum absolute atomic E-state index is 0.00189. The number of ether oxygens (including phenoxy) is 2. The summed E-state index contributed by atoms with van der Waals surface area (Å²) in [4.78, 5) is 11.9. The van der Waals surface area contributed by atoms with Gasteiger partial charge in [-0.2, -0.15) is 0 Å². The van der Waals surface area contributed by atoms with Crippen LogP contribution in [0.1, 0.15) is 38.9 Å². The summed E-state index contributed by atoms with van der Waals surface area (Å²) in [6.45, 7) is 5.11. The third-order valence-electron chi connectivity index (χ3n) is 3.33. The van der Waals surface area contributed by atoms with Crippen LogP contribution < -0.4 is 5.32 Å². The molecule has 0 radical (unpaired) electrons. The van der Waals surface area contributed by atoms with Crippen LogP contribution in [0, 0.1) is 11.6 Å². The Kier molecular flexibility index (Phi) is 5.21. The zero-order valence-electron chi connectivity index (χ0n) is 13.3. The predicted octanol–water partition coefficient (Wildman–Crippen LogP) is 2.68. The highest BCUT2D eigenvalue weighted by molar-refractivity contribution is 5.68. The van der Waals surface area contributed by atoms with Gasteiger partial charge in [0.05, 0.1) is 18.8 Å².